The first-order valence-electron chi connectivity index (χ1n) is 11.3. The largest absolute Gasteiger partial charge is 0.481 e. The van der Waals surface area contributed by atoms with Gasteiger partial charge in [0.05, 0.1) is 6.42 Å². The van der Waals surface area contributed by atoms with Gasteiger partial charge in [-0.25, -0.2) is 15.0 Å². The van der Waals surface area contributed by atoms with Crippen molar-refractivity contribution in [2.24, 2.45) is 0 Å². The number of carboxylic acid groups (broad SMARTS) is 1. The highest BCUT2D eigenvalue weighted by Crippen LogP contribution is 2.28. The number of carbonyl (C=O) groups is 1. The number of aliphatic carboxylic acids is 1. The molecule has 4 rings (SSSR count). The van der Waals surface area contributed by atoms with E-state index in [1.807, 2.05) is 18.2 Å². The molecule has 0 saturated heterocycles. The van der Waals surface area contributed by atoms with Crippen molar-refractivity contribution in [1.82, 2.24) is 15.0 Å². The fraction of sp³-hybridized carbons (Fsp3) is 0.440. The van der Waals surface area contributed by atoms with E-state index in [2.05, 4.69) is 27.4 Å². The first kappa shape index (κ1) is 21.2. The number of aromatic nitrogens is 3. The van der Waals surface area contributed by atoms with Gasteiger partial charge in [0, 0.05) is 30.0 Å². The number of nitrogens with zero attached hydrogens (tertiary/aromatic N) is 3. The molecule has 0 aromatic carbocycles. The highest BCUT2D eigenvalue weighted by atomic mass is 16.4. The smallest absolute Gasteiger partial charge is 0.303 e. The second-order valence-electron chi connectivity index (χ2n) is 8.41. The third kappa shape index (κ3) is 5.78. The van der Waals surface area contributed by atoms with E-state index in [4.69, 9.17) is 4.98 Å². The predicted octanol–water partition coefficient (Wildman–Crippen LogP) is 5.13. The monoisotopic (exact) mass is 418 g/mol. The molecule has 0 aliphatic carbocycles. The molecule has 31 heavy (non-hydrogen) atoms. The molecule has 0 bridgehead atoms. The molecular weight excluding hydrogens is 388 g/mol. The van der Waals surface area contributed by atoms with Gasteiger partial charge in [-0.1, -0.05) is 25.3 Å². The molecule has 2 N–H and O–H groups in total. The van der Waals surface area contributed by atoms with Crippen LogP contribution in [-0.2, 0) is 17.6 Å². The SMILES string of the molecule is O=C(O)CC(CCCCCCc1ccc2c(n1)NCCC2)c1cnc2ncccc2c1. The molecule has 4 heterocycles. The molecule has 0 fully saturated rings. The molecule has 1 aliphatic rings. The Balaban J connectivity index is 1.25. The molecule has 0 amide bonds. The van der Waals surface area contributed by atoms with Crippen LogP contribution in [0, 0.1) is 0 Å². The van der Waals surface area contributed by atoms with Crippen LogP contribution in [0.3, 0.4) is 0 Å². The van der Waals surface area contributed by atoms with Crippen molar-refractivity contribution >= 4 is 22.8 Å². The summed E-state index contributed by atoms with van der Waals surface area (Å²) in [7, 11) is 0. The topological polar surface area (TPSA) is 88.0 Å². The van der Waals surface area contributed by atoms with Crippen molar-refractivity contribution in [3.8, 4) is 0 Å². The van der Waals surface area contributed by atoms with Gasteiger partial charge in [-0.05, 0) is 73.4 Å². The maximum Gasteiger partial charge on any atom is 0.303 e. The van der Waals surface area contributed by atoms with E-state index in [0.717, 1.165) is 74.0 Å². The molecule has 1 unspecified atom stereocenters. The number of rotatable bonds is 10. The maximum absolute atomic E-state index is 11.4. The van der Waals surface area contributed by atoms with Crippen LogP contribution in [0.1, 0.15) is 67.7 Å². The number of pyridine rings is 3. The summed E-state index contributed by atoms with van der Waals surface area (Å²) in [5, 5.41) is 13.7. The van der Waals surface area contributed by atoms with Crippen molar-refractivity contribution in [3.05, 3.63) is 59.5 Å². The van der Waals surface area contributed by atoms with Crippen LogP contribution in [-0.4, -0.2) is 32.6 Å². The van der Waals surface area contributed by atoms with Gasteiger partial charge in [0.25, 0.3) is 0 Å². The van der Waals surface area contributed by atoms with Crippen LogP contribution in [0.25, 0.3) is 11.0 Å². The first-order chi connectivity index (χ1) is 15.2. The minimum Gasteiger partial charge on any atom is -0.481 e. The number of hydrogen-bond donors (Lipinski definition) is 2. The summed E-state index contributed by atoms with van der Waals surface area (Å²) in [5.74, 6) is 0.297. The van der Waals surface area contributed by atoms with E-state index in [0.29, 0.717) is 5.65 Å². The van der Waals surface area contributed by atoms with Crippen molar-refractivity contribution in [2.45, 2.75) is 63.7 Å². The van der Waals surface area contributed by atoms with E-state index in [1.165, 1.54) is 12.0 Å². The standard InChI is InChI=1S/C25H30N4O2/c30-23(31)16-19(21-15-20-9-6-13-26-24(20)28-17-21)7-3-1-2-4-10-22-12-11-18-8-5-14-27-25(18)29-22/h6,9,11-13,15,17,19H,1-5,7-8,10,14,16H2,(H,27,29)(H,30,31). The number of nitrogens with one attached hydrogen (secondary N) is 1. The zero-order valence-corrected chi connectivity index (χ0v) is 17.9. The van der Waals surface area contributed by atoms with Crippen LogP contribution in [0.4, 0.5) is 5.82 Å². The van der Waals surface area contributed by atoms with Gasteiger partial charge in [-0.15, -0.1) is 0 Å². The first-order valence-corrected chi connectivity index (χ1v) is 11.3. The lowest BCUT2D eigenvalue weighted by Gasteiger charge is -2.17. The Labute approximate surface area is 183 Å². The molecule has 0 spiro atoms. The van der Waals surface area contributed by atoms with Crippen molar-refractivity contribution in [3.63, 3.8) is 0 Å². The Bertz CT molecular complexity index is 1040. The van der Waals surface area contributed by atoms with Crippen LogP contribution >= 0.6 is 0 Å². The Morgan fingerprint density at radius 3 is 2.94 bits per heavy atom. The third-order valence-electron chi connectivity index (χ3n) is 6.05. The highest BCUT2D eigenvalue weighted by molar-refractivity contribution is 5.75. The van der Waals surface area contributed by atoms with Gasteiger partial charge in [-0.2, -0.15) is 0 Å². The van der Waals surface area contributed by atoms with Gasteiger partial charge < -0.3 is 10.4 Å². The molecule has 3 aromatic rings. The zero-order valence-electron chi connectivity index (χ0n) is 17.9. The van der Waals surface area contributed by atoms with E-state index in [9.17, 15) is 9.90 Å². The minimum absolute atomic E-state index is 0.0111. The van der Waals surface area contributed by atoms with E-state index < -0.39 is 5.97 Å². The number of aryl methyl sites for hydroxylation is 2. The molecule has 0 saturated carbocycles. The Morgan fingerprint density at radius 1 is 1.13 bits per heavy atom. The number of fused-ring (bicyclic) bond motifs is 2. The predicted molar refractivity (Wildman–Crippen MR) is 122 cm³/mol. The lowest BCUT2D eigenvalue weighted by atomic mass is 9.90. The summed E-state index contributed by atoms with van der Waals surface area (Å²) in [5.41, 5.74) is 4.19. The van der Waals surface area contributed by atoms with Crippen LogP contribution in [0.5, 0.6) is 0 Å². The highest BCUT2D eigenvalue weighted by Gasteiger charge is 2.16. The summed E-state index contributed by atoms with van der Waals surface area (Å²) in [6.45, 7) is 1.02. The lowest BCUT2D eigenvalue weighted by Crippen LogP contribution is -2.13. The second-order valence-corrected chi connectivity index (χ2v) is 8.41. The molecule has 6 nitrogen and oxygen atoms in total. The van der Waals surface area contributed by atoms with Crippen molar-refractivity contribution < 1.29 is 9.90 Å². The Kier molecular flexibility index (Phi) is 7.07. The van der Waals surface area contributed by atoms with Gasteiger partial charge >= 0.3 is 5.97 Å². The fourth-order valence-corrected chi connectivity index (χ4v) is 4.36. The summed E-state index contributed by atoms with van der Waals surface area (Å²) in [6, 6.07) is 10.3. The molecule has 3 aromatic heterocycles. The van der Waals surface area contributed by atoms with E-state index in [1.54, 1.807) is 12.4 Å². The van der Waals surface area contributed by atoms with Crippen molar-refractivity contribution in [2.75, 3.05) is 11.9 Å². The van der Waals surface area contributed by atoms with Crippen LogP contribution < -0.4 is 5.32 Å². The number of hydrogen-bond acceptors (Lipinski definition) is 5. The third-order valence-corrected chi connectivity index (χ3v) is 6.05. The van der Waals surface area contributed by atoms with Crippen LogP contribution in [0.2, 0.25) is 0 Å². The molecule has 162 valence electrons. The number of unbranched alkanes of at least 4 members (excludes halogenated alkanes) is 3. The summed E-state index contributed by atoms with van der Waals surface area (Å²) < 4.78 is 0. The van der Waals surface area contributed by atoms with Gasteiger partial charge in [0.2, 0.25) is 0 Å². The normalized spacial score (nSPS) is 14.1. The quantitative estimate of drug-likeness (QED) is 0.444. The number of carboxylic acids is 1. The summed E-state index contributed by atoms with van der Waals surface area (Å²) in [4.78, 5) is 24.8. The van der Waals surface area contributed by atoms with E-state index in [-0.39, 0.29) is 12.3 Å². The van der Waals surface area contributed by atoms with Gasteiger partial charge in [0.1, 0.15) is 5.82 Å². The fourth-order valence-electron chi connectivity index (χ4n) is 4.36. The molecule has 1 atom stereocenters. The van der Waals surface area contributed by atoms with Gasteiger partial charge in [0.15, 0.2) is 5.65 Å². The minimum atomic E-state index is -0.761. The Hall–Kier alpha value is -3.02. The number of anilines is 1. The molecular formula is C25H30N4O2. The average Bonchev–Trinajstić information content (AvgIpc) is 2.80. The molecule has 1 aliphatic heterocycles. The summed E-state index contributed by atoms with van der Waals surface area (Å²) in [6.07, 6.45) is 12.2. The van der Waals surface area contributed by atoms with Gasteiger partial charge in [-0.3, -0.25) is 4.79 Å². The maximum atomic E-state index is 11.4. The average molecular weight is 419 g/mol. The second kappa shape index (κ2) is 10.3. The molecule has 0 radical (unpaired) electrons. The molecule has 6 heteroatoms. The summed E-state index contributed by atoms with van der Waals surface area (Å²) >= 11 is 0. The van der Waals surface area contributed by atoms with Crippen LogP contribution in [0.15, 0.2) is 42.7 Å². The van der Waals surface area contributed by atoms with E-state index >= 15 is 0 Å². The van der Waals surface area contributed by atoms with Crippen molar-refractivity contribution in [1.29, 1.82) is 0 Å². The lowest BCUT2D eigenvalue weighted by molar-refractivity contribution is -0.137. The zero-order chi connectivity index (χ0) is 21.5. The Morgan fingerprint density at radius 2 is 2.03 bits per heavy atom.